The second-order valence-electron chi connectivity index (χ2n) is 7.42. The molecule has 1 aliphatic carbocycles. The van der Waals surface area contributed by atoms with Crippen LogP contribution in [0.3, 0.4) is 0 Å². The average Bonchev–Trinajstić information content (AvgIpc) is 2.87. The highest BCUT2D eigenvalue weighted by Crippen LogP contribution is 2.44. The number of hydrogen-bond donors (Lipinski definition) is 1. The molecular formula is C17H30N2S. The molecule has 20 heavy (non-hydrogen) atoms. The summed E-state index contributed by atoms with van der Waals surface area (Å²) in [5.74, 6) is 0. The van der Waals surface area contributed by atoms with Gasteiger partial charge in [-0.25, -0.2) is 0 Å². The summed E-state index contributed by atoms with van der Waals surface area (Å²) in [6.07, 6.45) is 5.11. The molecule has 1 aromatic heterocycles. The van der Waals surface area contributed by atoms with Gasteiger partial charge in [-0.05, 0) is 50.0 Å². The van der Waals surface area contributed by atoms with E-state index in [4.69, 9.17) is 5.73 Å². The molecule has 0 bridgehead atoms. The van der Waals surface area contributed by atoms with E-state index >= 15 is 0 Å². The number of hydrogen-bond acceptors (Lipinski definition) is 3. The Labute approximate surface area is 128 Å². The van der Waals surface area contributed by atoms with Gasteiger partial charge in [-0.15, -0.1) is 11.3 Å². The lowest BCUT2D eigenvalue weighted by Crippen LogP contribution is -2.59. The maximum Gasteiger partial charge on any atom is 0.0343 e. The summed E-state index contributed by atoms with van der Waals surface area (Å²) < 4.78 is 0. The molecule has 114 valence electrons. The van der Waals surface area contributed by atoms with E-state index in [0.29, 0.717) is 11.5 Å². The monoisotopic (exact) mass is 294 g/mol. The summed E-state index contributed by atoms with van der Waals surface area (Å²) in [5, 5.41) is 2.17. The molecule has 2 nitrogen and oxygen atoms in total. The lowest BCUT2D eigenvalue weighted by molar-refractivity contribution is -0.0154. The first-order valence-electron chi connectivity index (χ1n) is 7.88. The second kappa shape index (κ2) is 6.17. The van der Waals surface area contributed by atoms with Crippen molar-refractivity contribution >= 4 is 11.3 Å². The van der Waals surface area contributed by atoms with E-state index in [1.54, 1.807) is 0 Å². The van der Waals surface area contributed by atoms with Crippen LogP contribution in [0, 0.1) is 5.41 Å². The number of nitrogens with zero attached hydrogens (tertiary/aromatic N) is 1. The topological polar surface area (TPSA) is 29.3 Å². The van der Waals surface area contributed by atoms with Gasteiger partial charge in [-0.3, -0.25) is 4.90 Å². The van der Waals surface area contributed by atoms with E-state index in [-0.39, 0.29) is 5.54 Å². The summed E-state index contributed by atoms with van der Waals surface area (Å²) >= 11 is 1.86. The summed E-state index contributed by atoms with van der Waals surface area (Å²) in [6, 6.07) is 4.94. The number of rotatable bonds is 5. The molecule has 0 saturated heterocycles. The van der Waals surface area contributed by atoms with Gasteiger partial charge in [0.1, 0.15) is 0 Å². The fraction of sp³-hybridized carbons (Fsp3) is 0.765. The molecule has 0 spiro atoms. The SMILES string of the molecule is CC(C)N(Cc1cccs1)C1(CN)CCCC(C)(C)C1. The first kappa shape index (κ1) is 16.0. The van der Waals surface area contributed by atoms with Gasteiger partial charge in [0.05, 0.1) is 0 Å². The van der Waals surface area contributed by atoms with Crippen molar-refractivity contribution in [2.45, 2.75) is 71.5 Å². The zero-order valence-electron chi connectivity index (χ0n) is 13.5. The minimum atomic E-state index is 0.180. The normalized spacial score (nSPS) is 26.4. The molecule has 1 heterocycles. The van der Waals surface area contributed by atoms with Crippen LogP contribution in [-0.4, -0.2) is 23.0 Å². The lowest BCUT2D eigenvalue weighted by atomic mass is 9.67. The molecule has 3 heteroatoms. The fourth-order valence-electron chi connectivity index (χ4n) is 3.97. The molecule has 0 amide bonds. The van der Waals surface area contributed by atoms with Crippen LogP contribution >= 0.6 is 11.3 Å². The van der Waals surface area contributed by atoms with Crippen molar-refractivity contribution in [2.24, 2.45) is 11.1 Å². The fourth-order valence-corrected chi connectivity index (χ4v) is 4.67. The Bertz CT molecular complexity index is 411. The van der Waals surface area contributed by atoms with Crippen molar-refractivity contribution in [3.05, 3.63) is 22.4 Å². The Balaban J connectivity index is 2.24. The quantitative estimate of drug-likeness (QED) is 0.879. The minimum absolute atomic E-state index is 0.180. The molecular weight excluding hydrogens is 264 g/mol. The molecule has 1 unspecified atom stereocenters. The molecule has 1 fully saturated rings. The molecule has 1 aliphatic rings. The third-order valence-corrected chi connectivity index (χ3v) is 5.68. The maximum absolute atomic E-state index is 6.29. The summed E-state index contributed by atoms with van der Waals surface area (Å²) in [5.41, 5.74) is 6.89. The van der Waals surface area contributed by atoms with Crippen molar-refractivity contribution < 1.29 is 0 Å². The summed E-state index contributed by atoms with van der Waals surface area (Å²) in [6.45, 7) is 11.3. The van der Waals surface area contributed by atoms with Gasteiger partial charge < -0.3 is 5.73 Å². The zero-order valence-corrected chi connectivity index (χ0v) is 14.3. The Kier molecular flexibility index (Phi) is 4.93. The number of thiophene rings is 1. The van der Waals surface area contributed by atoms with E-state index in [1.807, 2.05) is 11.3 Å². The Morgan fingerprint density at radius 3 is 2.60 bits per heavy atom. The van der Waals surface area contributed by atoms with Gasteiger partial charge >= 0.3 is 0 Å². The van der Waals surface area contributed by atoms with Crippen LogP contribution < -0.4 is 5.73 Å². The maximum atomic E-state index is 6.29. The number of nitrogens with two attached hydrogens (primary N) is 1. The molecule has 2 N–H and O–H groups in total. The first-order chi connectivity index (χ1) is 9.38. The highest BCUT2D eigenvalue weighted by Gasteiger charge is 2.44. The van der Waals surface area contributed by atoms with E-state index in [9.17, 15) is 0 Å². The van der Waals surface area contributed by atoms with Crippen molar-refractivity contribution in [3.63, 3.8) is 0 Å². The lowest BCUT2D eigenvalue weighted by Gasteiger charge is -2.52. The highest BCUT2D eigenvalue weighted by atomic mass is 32.1. The van der Waals surface area contributed by atoms with Crippen molar-refractivity contribution in [3.8, 4) is 0 Å². The smallest absolute Gasteiger partial charge is 0.0343 e. The van der Waals surface area contributed by atoms with Crippen LogP contribution in [0.1, 0.15) is 58.3 Å². The van der Waals surface area contributed by atoms with E-state index in [0.717, 1.165) is 13.1 Å². The van der Waals surface area contributed by atoms with Crippen molar-refractivity contribution in [1.82, 2.24) is 4.90 Å². The predicted molar refractivity (Wildman–Crippen MR) is 89.0 cm³/mol. The third-order valence-electron chi connectivity index (χ3n) is 4.82. The third kappa shape index (κ3) is 3.44. The van der Waals surface area contributed by atoms with E-state index < -0.39 is 0 Å². The first-order valence-corrected chi connectivity index (χ1v) is 8.76. The van der Waals surface area contributed by atoms with Gasteiger partial charge in [0, 0.05) is 29.5 Å². The molecule has 1 atom stereocenters. The molecule has 2 rings (SSSR count). The van der Waals surface area contributed by atoms with Gasteiger partial charge in [-0.2, -0.15) is 0 Å². The van der Waals surface area contributed by atoms with Crippen molar-refractivity contribution in [1.29, 1.82) is 0 Å². The molecule has 0 aliphatic heterocycles. The zero-order chi connectivity index (χ0) is 14.8. The standard InChI is InChI=1S/C17H30N2S/c1-14(2)19(11-15-7-5-10-20-15)17(13-18)9-6-8-16(3,4)12-17/h5,7,10,14H,6,8-9,11-13,18H2,1-4H3. The van der Waals surface area contributed by atoms with Gasteiger partial charge in [-0.1, -0.05) is 26.3 Å². The van der Waals surface area contributed by atoms with Crippen LogP contribution in [-0.2, 0) is 6.54 Å². The van der Waals surface area contributed by atoms with Gasteiger partial charge in [0.25, 0.3) is 0 Å². The molecule has 1 aromatic rings. The van der Waals surface area contributed by atoms with Crippen LogP contribution in [0.15, 0.2) is 17.5 Å². The largest absolute Gasteiger partial charge is 0.329 e. The van der Waals surface area contributed by atoms with Crippen LogP contribution in [0.4, 0.5) is 0 Å². The van der Waals surface area contributed by atoms with Gasteiger partial charge in [0.2, 0.25) is 0 Å². The van der Waals surface area contributed by atoms with Crippen LogP contribution in [0.2, 0.25) is 0 Å². The van der Waals surface area contributed by atoms with Crippen molar-refractivity contribution in [2.75, 3.05) is 6.54 Å². The van der Waals surface area contributed by atoms with Crippen LogP contribution in [0.25, 0.3) is 0 Å². The molecule has 0 aromatic carbocycles. The Hall–Kier alpha value is -0.380. The Morgan fingerprint density at radius 1 is 1.35 bits per heavy atom. The Morgan fingerprint density at radius 2 is 2.10 bits per heavy atom. The summed E-state index contributed by atoms with van der Waals surface area (Å²) in [4.78, 5) is 4.12. The summed E-state index contributed by atoms with van der Waals surface area (Å²) in [7, 11) is 0. The molecule has 1 saturated carbocycles. The highest BCUT2D eigenvalue weighted by molar-refractivity contribution is 7.09. The van der Waals surface area contributed by atoms with Crippen LogP contribution in [0.5, 0.6) is 0 Å². The molecule has 0 radical (unpaired) electrons. The van der Waals surface area contributed by atoms with E-state index in [1.165, 1.54) is 30.6 Å². The average molecular weight is 295 g/mol. The van der Waals surface area contributed by atoms with Gasteiger partial charge in [0.15, 0.2) is 0 Å². The predicted octanol–water partition coefficient (Wildman–Crippen LogP) is 4.26. The van der Waals surface area contributed by atoms with E-state index in [2.05, 4.69) is 50.1 Å². The minimum Gasteiger partial charge on any atom is -0.329 e. The second-order valence-corrected chi connectivity index (χ2v) is 8.46.